The highest BCUT2D eigenvalue weighted by molar-refractivity contribution is 6.40. The van der Waals surface area contributed by atoms with Crippen LogP contribution in [-0.4, -0.2) is 17.8 Å². The number of anilines is 1. The van der Waals surface area contributed by atoms with Crippen LogP contribution in [0.5, 0.6) is 0 Å². The Morgan fingerprint density at radius 1 is 1.04 bits per heavy atom. The van der Waals surface area contributed by atoms with E-state index in [0.29, 0.717) is 21.3 Å². The maximum absolute atomic E-state index is 12.8. The van der Waals surface area contributed by atoms with E-state index in [2.05, 4.69) is 5.32 Å². The number of carbonyl (C=O) groups is 3. The minimum absolute atomic E-state index is 0.188. The molecule has 4 amide bonds. The largest absolute Gasteiger partial charge is 0.335 e. The number of benzene rings is 2. The Balaban J connectivity index is 2.07. The Bertz CT molecular complexity index is 938. The third-order valence-electron chi connectivity index (χ3n) is 3.72. The van der Waals surface area contributed by atoms with Crippen molar-refractivity contribution in [3.8, 4) is 0 Å². The summed E-state index contributed by atoms with van der Waals surface area (Å²) in [5.41, 5.74) is 1.39. The van der Waals surface area contributed by atoms with E-state index >= 15 is 0 Å². The second-order valence-electron chi connectivity index (χ2n) is 5.41. The summed E-state index contributed by atoms with van der Waals surface area (Å²) < 4.78 is 0. The van der Waals surface area contributed by atoms with Crippen molar-refractivity contribution in [2.45, 2.75) is 6.92 Å². The molecule has 3 rings (SSSR count). The summed E-state index contributed by atoms with van der Waals surface area (Å²) in [5.74, 6) is -1.49. The first kappa shape index (κ1) is 17.2. The number of imide groups is 2. The number of nitrogens with one attached hydrogen (secondary N) is 1. The van der Waals surface area contributed by atoms with Gasteiger partial charge in [0.2, 0.25) is 0 Å². The summed E-state index contributed by atoms with van der Waals surface area (Å²) in [4.78, 5) is 38.0. The summed E-state index contributed by atoms with van der Waals surface area (Å²) in [6.45, 7) is 1.77. The van der Waals surface area contributed by atoms with Crippen LogP contribution in [0.1, 0.15) is 11.1 Å². The summed E-state index contributed by atoms with van der Waals surface area (Å²) in [7, 11) is 0. The van der Waals surface area contributed by atoms with Gasteiger partial charge in [-0.15, -0.1) is 0 Å². The van der Waals surface area contributed by atoms with Crippen molar-refractivity contribution in [2.24, 2.45) is 0 Å². The lowest BCUT2D eigenvalue weighted by atomic mass is 10.1. The van der Waals surface area contributed by atoms with E-state index in [0.717, 1.165) is 10.5 Å². The van der Waals surface area contributed by atoms with Gasteiger partial charge >= 0.3 is 6.03 Å². The zero-order chi connectivity index (χ0) is 18.1. The molecule has 1 N–H and O–H groups in total. The number of urea groups is 1. The Morgan fingerprint density at radius 2 is 1.76 bits per heavy atom. The van der Waals surface area contributed by atoms with Crippen molar-refractivity contribution in [3.05, 3.63) is 69.2 Å². The van der Waals surface area contributed by atoms with Crippen molar-refractivity contribution < 1.29 is 14.4 Å². The molecule has 1 aliphatic rings. The third kappa shape index (κ3) is 3.29. The molecule has 1 aliphatic heterocycles. The van der Waals surface area contributed by atoms with Crippen LogP contribution in [0.2, 0.25) is 10.0 Å². The number of hydrogen-bond donors (Lipinski definition) is 1. The third-order valence-corrected chi connectivity index (χ3v) is 4.28. The SMILES string of the molecule is Cc1ccccc1N1C(=O)NC(=O)/C(=C\c2ccc(Cl)cc2Cl)C1=O. The summed E-state index contributed by atoms with van der Waals surface area (Å²) >= 11 is 12.0. The van der Waals surface area contributed by atoms with Crippen molar-refractivity contribution in [1.82, 2.24) is 5.32 Å². The van der Waals surface area contributed by atoms with Gasteiger partial charge in [0.15, 0.2) is 0 Å². The van der Waals surface area contributed by atoms with Crippen LogP contribution >= 0.6 is 23.2 Å². The molecule has 5 nitrogen and oxygen atoms in total. The smallest absolute Gasteiger partial charge is 0.273 e. The zero-order valence-corrected chi connectivity index (χ0v) is 14.6. The number of carbonyl (C=O) groups excluding carboxylic acids is 3. The fourth-order valence-corrected chi connectivity index (χ4v) is 2.93. The second-order valence-corrected chi connectivity index (χ2v) is 6.25. The average Bonchev–Trinajstić information content (AvgIpc) is 2.54. The minimum atomic E-state index is -0.788. The lowest BCUT2D eigenvalue weighted by Gasteiger charge is -2.27. The first-order chi connectivity index (χ1) is 11.9. The van der Waals surface area contributed by atoms with Crippen LogP contribution in [0.3, 0.4) is 0 Å². The quantitative estimate of drug-likeness (QED) is 0.638. The van der Waals surface area contributed by atoms with Gasteiger partial charge < -0.3 is 0 Å². The number of nitrogens with zero attached hydrogens (tertiary/aromatic N) is 1. The lowest BCUT2D eigenvalue weighted by Crippen LogP contribution is -2.54. The molecule has 25 heavy (non-hydrogen) atoms. The second kappa shape index (κ2) is 6.70. The van der Waals surface area contributed by atoms with Crippen molar-refractivity contribution in [1.29, 1.82) is 0 Å². The van der Waals surface area contributed by atoms with E-state index in [1.807, 2.05) is 0 Å². The molecule has 1 saturated heterocycles. The molecule has 0 bridgehead atoms. The molecular formula is C18H12Cl2N2O3. The molecule has 2 aromatic rings. The molecule has 0 aliphatic carbocycles. The Hall–Kier alpha value is -2.63. The fraction of sp³-hybridized carbons (Fsp3) is 0.0556. The average molecular weight is 375 g/mol. The van der Waals surface area contributed by atoms with Crippen molar-refractivity contribution in [3.63, 3.8) is 0 Å². The van der Waals surface area contributed by atoms with Crippen LogP contribution < -0.4 is 10.2 Å². The number of barbiturate groups is 1. The molecule has 126 valence electrons. The van der Waals surface area contributed by atoms with Crippen LogP contribution in [0.15, 0.2) is 48.0 Å². The van der Waals surface area contributed by atoms with Gasteiger partial charge in [-0.25, -0.2) is 9.69 Å². The first-order valence-electron chi connectivity index (χ1n) is 7.30. The van der Waals surface area contributed by atoms with Gasteiger partial charge in [0.05, 0.1) is 5.69 Å². The maximum Gasteiger partial charge on any atom is 0.335 e. The maximum atomic E-state index is 12.8. The highest BCUT2D eigenvalue weighted by atomic mass is 35.5. The lowest BCUT2D eigenvalue weighted by molar-refractivity contribution is -0.122. The summed E-state index contributed by atoms with van der Waals surface area (Å²) in [5, 5.41) is 2.90. The Kier molecular flexibility index (Phi) is 4.61. The Labute approximate surface area is 153 Å². The molecule has 0 aromatic heterocycles. The normalized spacial score (nSPS) is 16.4. The predicted octanol–water partition coefficient (Wildman–Crippen LogP) is 3.97. The fourth-order valence-electron chi connectivity index (χ4n) is 2.46. The van der Waals surface area contributed by atoms with Gasteiger partial charge in [0.1, 0.15) is 5.57 Å². The molecule has 0 unspecified atom stereocenters. The van der Waals surface area contributed by atoms with E-state index in [1.54, 1.807) is 43.3 Å². The van der Waals surface area contributed by atoms with Crippen LogP contribution in [0, 0.1) is 6.92 Å². The molecule has 0 radical (unpaired) electrons. The molecule has 1 heterocycles. The van der Waals surface area contributed by atoms with Crippen molar-refractivity contribution >= 4 is 52.8 Å². The monoisotopic (exact) mass is 374 g/mol. The Morgan fingerprint density at radius 3 is 2.44 bits per heavy atom. The van der Waals surface area contributed by atoms with Crippen LogP contribution in [0.4, 0.5) is 10.5 Å². The van der Waals surface area contributed by atoms with Gasteiger partial charge in [-0.05, 0) is 42.3 Å². The first-order valence-corrected chi connectivity index (χ1v) is 8.06. The van der Waals surface area contributed by atoms with E-state index in [-0.39, 0.29) is 5.57 Å². The van der Waals surface area contributed by atoms with Crippen molar-refractivity contribution in [2.75, 3.05) is 4.90 Å². The molecular weight excluding hydrogens is 363 g/mol. The summed E-state index contributed by atoms with van der Waals surface area (Å²) in [6.07, 6.45) is 1.34. The number of amides is 4. The number of para-hydroxylation sites is 1. The highest BCUT2D eigenvalue weighted by Crippen LogP contribution is 2.27. The summed E-state index contributed by atoms with van der Waals surface area (Å²) in [6, 6.07) is 10.8. The number of hydrogen-bond acceptors (Lipinski definition) is 3. The predicted molar refractivity (Wildman–Crippen MR) is 96.6 cm³/mol. The molecule has 0 saturated carbocycles. The van der Waals surface area contributed by atoms with Gasteiger partial charge in [-0.3, -0.25) is 14.9 Å². The molecule has 0 atom stereocenters. The topological polar surface area (TPSA) is 66.5 Å². The van der Waals surface area contributed by atoms with Gasteiger partial charge in [0, 0.05) is 10.0 Å². The van der Waals surface area contributed by atoms with Crippen LogP contribution in [0.25, 0.3) is 6.08 Å². The van der Waals surface area contributed by atoms with Gasteiger partial charge in [0.25, 0.3) is 11.8 Å². The highest BCUT2D eigenvalue weighted by Gasteiger charge is 2.37. The minimum Gasteiger partial charge on any atom is -0.273 e. The molecule has 1 fully saturated rings. The number of halogens is 2. The van der Waals surface area contributed by atoms with E-state index in [1.165, 1.54) is 12.1 Å². The molecule has 0 spiro atoms. The van der Waals surface area contributed by atoms with Gasteiger partial charge in [-0.2, -0.15) is 0 Å². The number of aryl methyl sites for hydroxylation is 1. The van der Waals surface area contributed by atoms with Crippen LogP contribution in [-0.2, 0) is 9.59 Å². The van der Waals surface area contributed by atoms with E-state index in [9.17, 15) is 14.4 Å². The zero-order valence-electron chi connectivity index (χ0n) is 13.0. The molecule has 7 heteroatoms. The van der Waals surface area contributed by atoms with E-state index < -0.39 is 17.8 Å². The standard InChI is InChI=1S/C18H12Cl2N2O3/c1-10-4-2-3-5-15(10)22-17(24)13(16(23)21-18(22)25)8-11-6-7-12(19)9-14(11)20/h2-9H,1H3,(H,21,23,25)/b13-8+. The number of rotatable bonds is 2. The molecule has 2 aromatic carbocycles. The van der Waals surface area contributed by atoms with Gasteiger partial charge in [-0.1, -0.05) is 47.5 Å². The van der Waals surface area contributed by atoms with E-state index in [4.69, 9.17) is 23.2 Å².